The molecule has 80 heavy (non-hydrogen) atoms. The first-order valence-corrected chi connectivity index (χ1v) is 25.6. The van der Waals surface area contributed by atoms with Gasteiger partial charge in [0.15, 0.2) is 37.7 Å². The van der Waals surface area contributed by atoms with Crippen molar-refractivity contribution in [2.45, 2.75) is 219 Å². The Bertz CT molecular complexity index is 2010. The Morgan fingerprint density at radius 3 is 1.12 bits per heavy atom. The van der Waals surface area contributed by atoms with E-state index in [2.05, 4.69) is 26.7 Å². The number of hydrogen-bond donors (Lipinski definition) is 19. The first-order chi connectivity index (χ1) is 37.8. The van der Waals surface area contributed by atoms with Gasteiger partial charge in [-0.05, 0) is 6.92 Å². The molecule has 6 saturated heterocycles. The van der Waals surface area contributed by atoms with E-state index in [0.717, 1.165) is 27.7 Å². The molecule has 0 aromatic carbocycles. The van der Waals surface area contributed by atoms with Crippen LogP contribution in [0.1, 0.15) is 34.6 Å². The lowest BCUT2D eigenvalue weighted by Gasteiger charge is -2.51. The summed E-state index contributed by atoms with van der Waals surface area (Å²) in [4.78, 5) is 50.4. The van der Waals surface area contributed by atoms with Gasteiger partial charge < -0.3 is 144 Å². The molecule has 6 fully saturated rings. The number of carbonyl (C=O) groups is 4. The molecule has 6 aliphatic rings. The molecule has 6 rings (SSSR count). The molecular weight excluding hydrogens is 1090 g/mol. The van der Waals surface area contributed by atoms with E-state index < -0.39 is 241 Å². The Kier molecular flexibility index (Phi) is 24.0. The number of amides is 4. The third-order valence-electron chi connectivity index (χ3n) is 14.5. The van der Waals surface area contributed by atoms with Gasteiger partial charge in [-0.15, -0.1) is 0 Å². The number of methoxy groups -OCH3 is 1. The minimum Gasteiger partial charge on any atom is -0.394 e. The molecule has 462 valence electrons. The number of rotatable bonds is 21. The van der Waals surface area contributed by atoms with Crippen molar-refractivity contribution in [2.24, 2.45) is 5.84 Å². The SMILES string of the molecule is CO[C@@H]1C(O)[C@H](O)C(C)O[C@H]1OCC1O[C@@H](O)C(NC(C)=O)[C@@H](O)[C@@H]1O[C@@H]1OC(CO)[C@@H](O[C@@H]2OC(CO)[C@@H](O[C@@H]3OC(CO)[C@@H](O[C@@H]4OC(CO)[C@@H](O)[C@H](O)C4NN)[C@H](O)C3NC(C)=O)[C@H](O)C2NC(C)=O)C(O)[C@@H]1NC(C)=O. The zero-order valence-electron chi connectivity index (χ0n) is 44.3. The number of hydrazine groups is 1. The quantitative estimate of drug-likeness (QED) is 0.0375. The molecule has 0 bridgehead atoms. The van der Waals surface area contributed by atoms with Crippen LogP contribution in [0.5, 0.6) is 0 Å². The van der Waals surface area contributed by atoms with Crippen molar-refractivity contribution in [3.63, 3.8) is 0 Å². The predicted octanol–water partition coefficient (Wildman–Crippen LogP) is -12.4. The van der Waals surface area contributed by atoms with E-state index in [1.54, 1.807) is 0 Å². The Hall–Kier alpha value is -3.20. The number of hydrogen-bond acceptors (Lipinski definition) is 31. The van der Waals surface area contributed by atoms with Gasteiger partial charge in [-0.2, -0.15) is 0 Å². The summed E-state index contributed by atoms with van der Waals surface area (Å²) in [6.45, 7) is 1.27. The third kappa shape index (κ3) is 14.8. The lowest BCUT2D eigenvalue weighted by Crippen LogP contribution is -2.72. The van der Waals surface area contributed by atoms with E-state index in [9.17, 15) is 85.6 Å². The molecule has 35 nitrogen and oxygen atoms in total. The van der Waals surface area contributed by atoms with Gasteiger partial charge in [-0.25, -0.2) is 5.43 Å². The van der Waals surface area contributed by atoms with Crippen LogP contribution in [0, 0.1) is 0 Å². The van der Waals surface area contributed by atoms with Gasteiger partial charge in [0, 0.05) is 34.8 Å². The molecule has 0 aromatic rings. The second-order valence-corrected chi connectivity index (χ2v) is 20.1. The van der Waals surface area contributed by atoms with Crippen LogP contribution in [0.25, 0.3) is 0 Å². The highest BCUT2D eigenvalue weighted by molar-refractivity contribution is 5.74. The van der Waals surface area contributed by atoms with Crippen LogP contribution < -0.4 is 32.5 Å². The van der Waals surface area contributed by atoms with Crippen LogP contribution in [0.2, 0.25) is 0 Å². The Labute approximate surface area is 456 Å². The number of nitrogens with one attached hydrogen (secondary N) is 5. The molecule has 35 heteroatoms. The lowest BCUT2D eigenvalue weighted by molar-refractivity contribution is -0.368. The maximum absolute atomic E-state index is 12.8. The molecular formula is C45H78N6O29. The maximum Gasteiger partial charge on any atom is 0.217 e. The van der Waals surface area contributed by atoms with Gasteiger partial charge in [0.05, 0.1) is 39.1 Å². The zero-order valence-corrected chi connectivity index (χ0v) is 44.3. The summed E-state index contributed by atoms with van der Waals surface area (Å²) >= 11 is 0. The minimum atomic E-state index is -2.02. The second kappa shape index (κ2) is 29.1. The van der Waals surface area contributed by atoms with Crippen molar-refractivity contribution in [1.29, 1.82) is 0 Å². The minimum absolute atomic E-state index is 0.629. The molecule has 0 saturated carbocycles. The summed E-state index contributed by atoms with van der Waals surface area (Å²) in [7, 11) is 1.21. The first kappa shape index (κ1) is 65.9. The summed E-state index contributed by atoms with van der Waals surface area (Å²) in [5.41, 5.74) is 2.21. The second-order valence-electron chi connectivity index (χ2n) is 20.1. The molecule has 0 aliphatic carbocycles. The van der Waals surface area contributed by atoms with E-state index in [1.165, 1.54) is 14.0 Å². The van der Waals surface area contributed by atoms with E-state index in [0.29, 0.717) is 0 Å². The fourth-order valence-corrected chi connectivity index (χ4v) is 10.4. The normalized spacial score (nSPS) is 46.2. The highest BCUT2D eigenvalue weighted by atomic mass is 16.8. The zero-order chi connectivity index (χ0) is 59.2. The van der Waals surface area contributed by atoms with E-state index in [1.807, 2.05) is 0 Å². The standard InChI is InChI=1S/C45H78N6O29/c1-12-27(60)34(67)39(69-6)45(71-12)70-11-21-38(30(63)22(40(68)72-21)47-13(2)56)80-43-25(50-16(5)59)32(65)36(19(9-54)76-43)78-41-23(48-14(3)57)31(64)35(18(8-53)74-41)77-42-24(49-15(4)58)33(66)37(20(10-55)75-42)79-44-26(51-46)29(62)28(61)17(7-52)73-44/h12,17-45,51-55,60-68H,7-11,46H2,1-6H3,(H,47,56)(H,48,57)(H,49,58)(H,50,59)/t12?,17?,18?,19?,20?,21?,22?,23?,24?,25-,26?,27+,28+,29+,30+,31+,32?,33+,34?,35+,36+,37+,38+,39+,40+,41-,42-,43-,44-,45+/m0/s1. The number of carbonyl (C=O) groups excluding carboxylic acids is 4. The van der Waals surface area contributed by atoms with Gasteiger partial charge in [-0.3, -0.25) is 25.0 Å². The van der Waals surface area contributed by atoms with Gasteiger partial charge in [0.25, 0.3) is 0 Å². The Morgan fingerprint density at radius 2 is 0.762 bits per heavy atom. The lowest BCUT2D eigenvalue weighted by atomic mass is 9.93. The van der Waals surface area contributed by atoms with Crippen LogP contribution in [0.4, 0.5) is 0 Å². The molecule has 30 atom stereocenters. The molecule has 4 amide bonds. The van der Waals surface area contributed by atoms with E-state index in [4.69, 9.17) is 62.7 Å². The average Bonchev–Trinajstić information content (AvgIpc) is 3.55. The van der Waals surface area contributed by atoms with Crippen molar-refractivity contribution >= 4 is 23.6 Å². The van der Waals surface area contributed by atoms with Gasteiger partial charge in [0.1, 0.15) is 140 Å². The molecule has 0 radical (unpaired) electrons. The highest BCUT2D eigenvalue weighted by Crippen LogP contribution is 2.36. The summed E-state index contributed by atoms with van der Waals surface area (Å²) in [6.07, 6.45) is -41.8. The molecule has 6 aliphatic heterocycles. The summed E-state index contributed by atoms with van der Waals surface area (Å²) in [6, 6.07) is -8.11. The predicted molar refractivity (Wildman–Crippen MR) is 254 cm³/mol. The number of aliphatic hydroxyl groups is 13. The number of ether oxygens (including phenoxy) is 12. The monoisotopic (exact) mass is 1170 g/mol. The Balaban J connectivity index is 1.24. The largest absolute Gasteiger partial charge is 0.394 e. The smallest absolute Gasteiger partial charge is 0.217 e. The third-order valence-corrected chi connectivity index (χ3v) is 14.5. The first-order valence-electron chi connectivity index (χ1n) is 25.6. The van der Waals surface area contributed by atoms with Crippen molar-refractivity contribution in [1.82, 2.24) is 26.7 Å². The van der Waals surface area contributed by atoms with Crippen molar-refractivity contribution < 1.29 is 142 Å². The Morgan fingerprint density at radius 1 is 0.412 bits per heavy atom. The van der Waals surface area contributed by atoms with Crippen molar-refractivity contribution in [3.8, 4) is 0 Å². The molecule has 20 N–H and O–H groups in total. The van der Waals surface area contributed by atoms with Gasteiger partial charge >= 0.3 is 0 Å². The average molecular weight is 1170 g/mol. The maximum atomic E-state index is 12.8. The van der Waals surface area contributed by atoms with Crippen LogP contribution in [-0.4, -0.2) is 314 Å². The van der Waals surface area contributed by atoms with Crippen LogP contribution >= 0.6 is 0 Å². The number of nitrogens with two attached hydrogens (primary N) is 1. The topological polar surface area (TPSA) is 528 Å². The van der Waals surface area contributed by atoms with Crippen molar-refractivity contribution in [2.75, 3.05) is 40.1 Å². The fraction of sp³-hybridized carbons (Fsp3) is 0.911. The molecule has 12 unspecified atom stereocenters. The van der Waals surface area contributed by atoms with Crippen LogP contribution in [-0.2, 0) is 76.0 Å². The molecule has 6 heterocycles. The van der Waals surface area contributed by atoms with E-state index >= 15 is 0 Å². The molecule has 0 spiro atoms. The van der Waals surface area contributed by atoms with Crippen molar-refractivity contribution in [3.05, 3.63) is 0 Å². The summed E-state index contributed by atoms with van der Waals surface area (Å²) in [5.74, 6) is 2.47. The summed E-state index contributed by atoms with van der Waals surface area (Å²) < 4.78 is 70.8. The highest BCUT2D eigenvalue weighted by Gasteiger charge is 2.58. The van der Waals surface area contributed by atoms with E-state index in [-0.39, 0.29) is 0 Å². The number of aliphatic hydroxyl groups excluding tert-OH is 13. The summed E-state index contributed by atoms with van der Waals surface area (Å²) in [5, 5.41) is 152. The molecule has 0 aromatic heterocycles. The fourth-order valence-electron chi connectivity index (χ4n) is 10.4. The van der Waals surface area contributed by atoms with Gasteiger partial charge in [0.2, 0.25) is 23.6 Å². The van der Waals surface area contributed by atoms with Crippen LogP contribution in [0.15, 0.2) is 0 Å². The van der Waals surface area contributed by atoms with Gasteiger partial charge in [-0.1, -0.05) is 0 Å². The van der Waals surface area contributed by atoms with Crippen LogP contribution in [0.3, 0.4) is 0 Å².